The number of piperazine rings is 1. The molecule has 3 aromatic rings. The molecule has 0 N–H and O–H groups in total. The minimum Gasteiger partial charge on any atom is -0.353 e. The molecule has 1 aliphatic heterocycles. The molecule has 26 heavy (non-hydrogen) atoms. The van der Waals surface area contributed by atoms with Gasteiger partial charge in [-0.05, 0) is 0 Å². The standard InChI is InChI=1S/C17H24N8O/c1-11(2)15-20-16-13(9-18-23(16)4)17(21-15)25-7-5-24(6-8-25)10-14-19-12(3)26-22-14/h9,11H,5-8,10H2,1-4H3. The molecular weight excluding hydrogens is 332 g/mol. The summed E-state index contributed by atoms with van der Waals surface area (Å²) in [4.78, 5) is 18.5. The maximum atomic E-state index is 5.06. The van der Waals surface area contributed by atoms with E-state index in [9.17, 15) is 0 Å². The summed E-state index contributed by atoms with van der Waals surface area (Å²) in [6.07, 6.45) is 1.86. The van der Waals surface area contributed by atoms with Crippen molar-refractivity contribution in [3.63, 3.8) is 0 Å². The Hall–Kier alpha value is -2.55. The van der Waals surface area contributed by atoms with E-state index >= 15 is 0 Å². The summed E-state index contributed by atoms with van der Waals surface area (Å²) in [7, 11) is 1.92. The van der Waals surface area contributed by atoms with Crippen LogP contribution in [0.4, 0.5) is 5.82 Å². The summed E-state index contributed by atoms with van der Waals surface area (Å²) in [5, 5.41) is 9.38. The molecule has 0 saturated carbocycles. The van der Waals surface area contributed by atoms with Gasteiger partial charge in [0.1, 0.15) is 11.6 Å². The highest BCUT2D eigenvalue weighted by atomic mass is 16.5. The molecular formula is C17H24N8O. The fraction of sp³-hybridized carbons (Fsp3) is 0.588. The number of hydrogen-bond donors (Lipinski definition) is 0. The van der Waals surface area contributed by atoms with E-state index in [4.69, 9.17) is 9.51 Å². The SMILES string of the molecule is Cc1nc(CN2CCN(c3nc(C(C)C)nc4c3cnn4C)CC2)no1. The maximum Gasteiger partial charge on any atom is 0.223 e. The summed E-state index contributed by atoms with van der Waals surface area (Å²) in [5.41, 5.74) is 0.892. The molecule has 0 amide bonds. The number of fused-ring (bicyclic) bond motifs is 1. The highest BCUT2D eigenvalue weighted by Crippen LogP contribution is 2.26. The molecule has 0 bridgehead atoms. The Morgan fingerprint density at radius 3 is 2.54 bits per heavy atom. The first-order valence-corrected chi connectivity index (χ1v) is 8.97. The number of hydrogen-bond acceptors (Lipinski definition) is 8. The Labute approximate surface area is 152 Å². The Morgan fingerprint density at radius 1 is 1.12 bits per heavy atom. The van der Waals surface area contributed by atoms with E-state index < -0.39 is 0 Å². The Kier molecular flexibility index (Phi) is 4.31. The molecule has 4 heterocycles. The smallest absolute Gasteiger partial charge is 0.223 e. The van der Waals surface area contributed by atoms with Crippen LogP contribution in [0.2, 0.25) is 0 Å². The highest BCUT2D eigenvalue weighted by Gasteiger charge is 2.23. The predicted octanol–water partition coefficient (Wildman–Crippen LogP) is 1.50. The largest absolute Gasteiger partial charge is 0.353 e. The van der Waals surface area contributed by atoms with Crippen molar-refractivity contribution in [1.82, 2.24) is 34.8 Å². The van der Waals surface area contributed by atoms with Crippen LogP contribution in [0.15, 0.2) is 10.7 Å². The van der Waals surface area contributed by atoms with E-state index in [2.05, 4.69) is 43.9 Å². The maximum absolute atomic E-state index is 5.06. The molecule has 138 valence electrons. The lowest BCUT2D eigenvalue weighted by atomic mass is 10.2. The first-order valence-electron chi connectivity index (χ1n) is 8.97. The predicted molar refractivity (Wildman–Crippen MR) is 96.9 cm³/mol. The zero-order valence-electron chi connectivity index (χ0n) is 15.7. The molecule has 0 spiro atoms. The molecule has 1 saturated heterocycles. The fourth-order valence-corrected chi connectivity index (χ4v) is 3.25. The molecule has 0 aromatic carbocycles. The Balaban J connectivity index is 1.53. The summed E-state index contributed by atoms with van der Waals surface area (Å²) in [6.45, 7) is 10.4. The van der Waals surface area contributed by atoms with Crippen LogP contribution in [0.5, 0.6) is 0 Å². The molecule has 0 aliphatic carbocycles. The highest BCUT2D eigenvalue weighted by molar-refractivity contribution is 5.87. The van der Waals surface area contributed by atoms with Crippen molar-refractivity contribution < 1.29 is 4.52 Å². The molecule has 0 radical (unpaired) electrons. The van der Waals surface area contributed by atoms with E-state index in [1.165, 1.54) is 0 Å². The summed E-state index contributed by atoms with van der Waals surface area (Å²) in [6, 6.07) is 0. The third-order valence-corrected chi connectivity index (χ3v) is 4.71. The van der Waals surface area contributed by atoms with Crippen molar-refractivity contribution >= 4 is 16.9 Å². The average Bonchev–Trinajstić information content (AvgIpc) is 3.21. The van der Waals surface area contributed by atoms with Crippen LogP contribution in [0, 0.1) is 6.92 Å². The van der Waals surface area contributed by atoms with Crippen molar-refractivity contribution in [2.45, 2.75) is 33.2 Å². The van der Waals surface area contributed by atoms with E-state index in [-0.39, 0.29) is 5.92 Å². The summed E-state index contributed by atoms with van der Waals surface area (Å²) >= 11 is 0. The molecule has 9 heteroatoms. The zero-order chi connectivity index (χ0) is 18.3. The van der Waals surface area contributed by atoms with Gasteiger partial charge in [0.15, 0.2) is 11.5 Å². The van der Waals surface area contributed by atoms with E-state index in [0.29, 0.717) is 12.4 Å². The normalized spacial score (nSPS) is 16.1. The van der Waals surface area contributed by atoms with Crippen LogP contribution in [0.1, 0.15) is 37.3 Å². The van der Waals surface area contributed by atoms with Gasteiger partial charge in [0.25, 0.3) is 0 Å². The second kappa shape index (κ2) is 6.64. The van der Waals surface area contributed by atoms with Gasteiger partial charge in [0, 0.05) is 46.1 Å². The number of rotatable bonds is 4. The molecule has 3 aromatic heterocycles. The number of aromatic nitrogens is 6. The average molecular weight is 356 g/mol. The van der Waals surface area contributed by atoms with Crippen LogP contribution in [0.25, 0.3) is 11.0 Å². The van der Waals surface area contributed by atoms with Crippen molar-refractivity contribution in [1.29, 1.82) is 0 Å². The minimum absolute atomic E-state index is 0.274. The second-order valence-electron chi connectivity index (χ2n) is 7.06. The molecule has 0 atom stereocenters. The van der Waals surface area contributed by atoms with E-state index in [1.807, 2.05) is 24.9 Å². The first-order chi connectivity index (χ1) is 12.5. The van der Waals surface area contributed by atoms with Gasteiger partial charge in [0.2, 0.25) is 5.89 Å². The van der Waals surface area contributed by atoms with Crippen LogP contribution in [-0.4, -0.2) is 61.0 Å². The second-order valence-corrected chi connectivity index (χ2v) is 7.06. The third kappa shape index (κ3) is 3.14. The molecule has 4 rings (SSSR count). The van der Waals surface area contributed by atoms with Gasteiger partial charge >= 0.3 is 0 Å². The Morgan fingerprint density at radius 2 is 1.88 bits per heavy atom. The van der Waals surface area contributed by atoms with Crippen molar-refractivity contribution in [2.24, 2.45) is 7.05 Å². The van der Waals surface area contributed by atoms with Crippen molar-refractivity contribution in [3.05, 3.63) is 23.7 Å². The van der Waals surface area contributed by atoms with Crippen LogP contribution in [-0.2, 0) is 13.6 Å². The van der Waals surface area contributed by atoms with E-state index in [0.717, 1.165) is 54.7 Å². The topological polar surface area (TPSA) is 89.0 Å². The van der Waals surface area contributed by atoms with Crippen LogP contribution < -0.4 is 4.90 Å². The third-order valence-electron chi connectivity index (χ3n) is 4.71. The van der Waals surface area contributed by atoms with Crippen molar-refractivity contribution in [3.8, 4) is 0 Å². The Bertz CT molecular complexity index is 907. The lowest BCUT2D eigenvalue weighted by Gasteiger charge is -2.35. The van der Waals surface area contributed by atoms with Gasteiger partial charge in [0.05, 0.1) is 18.1 Å². The first kappa shape index (κ1) is 16.9. The van der Waals surface area contributed by atoms with Gasteiger partial charge in [-0.1, -0.05) is 19.0 Å². The zero-order valence-corrected chi connectivity index (χ0v) is 15.7. The van der Waals surface area contributed by atoms with E-state index in [1.54, 1.807) is 0 Å². The quantitative estimate of drug-likeness (QED) is 0.695. The van der Waals surface area contributed by atoms with Gasteiger partial charge in [-0.15, -0.1) is 0 Å². The summed E-state index contributed by atoms with van der Waals surface area (Å²) < 4.78 is 6.88. The molecule has 1 fully saturated rings. The fourth-order valence-electron chi connectivity index (χ4n) is 3.25. The number of nitrogens with zero attached hydrogens (tertiary/aromatic N) is 8. The lowest BCUT2D eigenvalue weighted by Crippen LogP contribution is -2.46. The minimum atomic E-state index is 0.274. The van der Waals surface area contributed by atoms with Crippen molar-refractivity contribution in [2.75, 3.05) is 31.1 Å². The van der Waals surface area contributed by atoms with Gasteiger partial charge in [-0.3, -0.25) is 9.58 Å². The van der Waals surface area contributed by atoms with Gasteiger partial charge in [-0.25, -0.2) is 9.97 Å². The van der Waals surface area contributed by atoms with Crippen LogP contribution >= 0.6 is 0 Å². The number of anilines is 1. The molecule has 0 unspecified atom stereocenters. The number of aryl methyl sites for hydroxylation is 2. The summed E-state index contributed by atoms with van der Waals surface area (Å²) in [5.74, 6) is 3.48. The van der Waals surface area contributed by atoms with Crippen LogP contribution in [0.3, 0.4) is 0 Å². The monoisotopic (exact) mass is 356 g/mol. The molecule has 1 aliphatic rings. The lowest BCUT2D eigenvalue weighted by molar-refractivity contribution is 0.239. The van der Waals surface area contributed by atoms with Gasteiger partial charge in [-0.2, -0.15) is 10.1 Å². The van der Waals surface area contributed by atoms with Gasteiger partial charge < -0.3 is 9.42 Å². The molecule has 9 nitrogen and oxygen atoms in total.